The summed E-state index contributed by atoms with van der Waals surface area (Å²) in [5, 5.41) is 17.7. The van der Waals surface area contributed by atoms with E-state index in [1.165, 1.54) is 12.1 Å². The molecule has 0 spiro atoms. The molecule has 23 heavy (non-hydrogen) atoms. The van der Waals surface area contributed by atoms with Gasteiger partial charge in [0, 0.05) is 11.1 Å². The van der Waals surface area contributed by atoms with Crippen LogP contribution in [0.25, 0.3) is 0 Å². The highest BCUT2D eigenvalue weighted by molar-refractivity contribution is 5.87. The van der Waals surface area contributed by atoms with Gasteiger partial charge < -0.3 is 10.2 Å². The number of aliphatic hydroxyl groups is 1. The van der Waals surface area contributed by atoms with Crippen molar-refractivity contribution in [3.63, 3.8) is 0 Å². The lowest BCUT2D eigenvalue weighted by Gasteiger charge is -1.95. The maximum absolute atomic E-state index is 10.7. The van der Waals surface area contributed by atoms with Gasteiger partial charge >= 0.3 is 5.97 Å². The molecule has 0 bridgehead atoms. The van der Waals surface area contributed by atoms with Gasteiger partial charge in [0.25, 0.3) is 0 Å². The highest BCUT2D eigenvalue weighted by atomic mass is 16.4. The van der Waals surface area contributed by atoms with Gasteiger partial charge in [0.1, 0.15) is 0 Å². The van der Waals surface area contributed by atoms with E-state index in [1.807, 2.05) is 38.1 Å². The van der Waals surface area contributed by atoms with Crippen LogP contribution in [0.15, 0.2) is 61.7 Å². The Morgan fingerprint density at radius 1 is 0.913 bits per heavy atom. The first-order valence-electron chi connectivity index (χ1n) is 7.24. The number of aromatic carboxylic acids is 1. The first-order chi connectivity index (χ1) is 11.2. The Morgan fingerprint density at radius 2 is 1.30 bits per heavy atom. The fourth-order valence-electron chi connectivity index (χ4n) is 1.53. The molecule has 0 amide bonds. The largest absolute Gasteiger partial charge is 0.478 e. The molecule has 0 saturated heterocycles. The lowest BCUT2D eigenvalue weighted by Crippen LogP contribution is -1.94. The average Bonchev–Trinajstić information content (AvgIpc) is 2.64. The summed E-state index contributed by atoms with van der Waals surface area (Å²) in [5.41, 5.74) is 2.70. The van der Waals surface area contributed by atoms with Crippen LogP contribution in [0.4, 0.5) is 0 Å². The molecule has 2 N–H and O–H groups in total. The maximum Gasteiger partial charge on any atom is 0.335 e. The zero-order valence-electron chi connectivity index (χ0n) is 13.5. The Labute approximate surface area is 137 Å². The van der Waals surface area contributed by atoms with E-state index >= 15 is 0 Å². The summed E-state index contributed by atoms with van der Waals surface area (Å²) in [6.07, 6.45) is 0. The molecule has 0 radical (unpaired) electrons. The summed E-state index contributed by atoms with van der Waals surface area (Å²) in [4.78, 5) is 10.7. The van der Waals surface area contributed by atoms with E-state index in [0.29, 0.717) is 0 Å². The Bertz CT molecular complexity index is 644. The number of carboxylic acids is 1. The third-order valence-corrected chi connectivity index (χ3v) is 2.62. The molecule has 2 aromatic rings. The van der Waals surface area contributed by atoms with Gasteiger partial charge in [0.2, 0.25) is 0 Å². The number of carboxylic acid groups (broad SMARTS) is 1. The van der Waals surface area contributed by atoms with E-state index in [0.717, 1.165) is 16.7 Å². The number of rotatable bonds is 2. The SMILES string of the molecule is C=C.CC.O=C(O)c1ccc(C#Cc2ccc(CO)cc2)cc1. The molecule has 0 aliphatic rings. The van der Waals surface area contributed by atoms with Gasteiger partial charge in [-0.1, -0.05) is 37.8 Å². The monoisotopic (exact) mass is 310 g/mol. The van der Waals surface area contributed by atoms with Crippen LogP contribution < -0.4 is 0 Å². The normalized spacial score (nSPS) is 8.30. The van der Waals surface area contributed by atoms with E-state index in [9.17, 15) is 4.79 Å². The molecule has 0 fully saturated rings. The number of aliphatic hydroxyl groups excluding tert-OH is 1. The quantitative estimate of drug-likeness (QED) is 0.648. The summed E-state index contributed by atoms with van der Waals surface area (Å²) < 4.78 is 0. The third kappa shape index (κ3) is 7.12. The van der Waals surface area contributed by atoms with Gasteiger partial charge in [-0.3, -0.25) is 0 Å². The fourth-order valence-corrected chi connectivity index (χ4v) is 1.53. The first kappa shape index (κ1) is 20.2. The zero-order chi connectivity index (χ0) is 17.7. The standard InChI is InChI=1S/C16H12O3.C2H6.C2H4/c17-11-14-5-3-12(4-6-14)1-2-13-7-9-15(10-8-13)16(18)19;2*1-2/h3-10,17H,11H2,(H,18,19);1-2H3;1-2H2. The third-order valence-electron chi connectivity index (χ3n) is 2.62. The number of hydrogen-bond donors (Lipinski definition) is 2. The summed E-state index contributed by atoms with van der Waals surface area (Å²) in [6, 6.07) is 13.7. The number of carbonyl (C=O) groups is 1. The lowest BCUT2D eigenvalue weighted by molar-refractivity contribution is 0.0697. The molecule has 0 aliphatic carbocycles. The van der Waals surface area contributed by atoms with Gasteiger partial charge in [-0.05, 0) is 42.0 Å². The molecule has 0 atom stereocenters. The van der Waals surface area contributed by atoms with Crippen molar-refractivity contribution in [3.05, 3.63) is 83.9 Å². The topological polar surface area (TPSA) is 57.5 Å². The molecule has 120 valence electrons. The van der Waals surface area contributed by atoms with Gasteiger partial charge in [0.15, 0.2) is 0 Å². The molecule has 0 heterocycles. The van der Waals surface area contributed by atoms with Crippen molar-refractivity contribution in [2.45, 2.75) is 20.5 Å². The lowest BCUT2D eigenvalue weighted by atomic mass is 10.1. The predicted octanol–water partition coefficient (Wildman–Crippen LogP) is 4.11. The van der Waals surface area contributed by atoms with Crippen LogP contribution in [-0.2, 0) is 6.61 Å². The number of hydrogen-bond acceptors (Lipinski definition) is 2. The van der Waals surface area contributed by atoms with Crippen molar-refractivity contribution < 1.29 is 15.0 Å². The van der Waals surface area contributed by atoms with Crippen LogP contribution in [0, 0.1) is 11.8 Å². The second-order valence-electron chi connectivity index (χ2n) is 3.99. The van der Waals surface area contributed by atoms with Crippen LogP contribution in [0.5, 0.6) is 0 Å². The van der Waals surface area contributed by atoms with E-state index in [2.05, 4.69) is 25.0 Å². The van der Waals surface area contributed by atoms with E-state index in [4.69, 9.17) is 10.2 Å². The summed E-state index contributed by atoms with van der Waals surface area (Å²) >= 11 is 0. The van der Waals surface area contributed by atoms with Crippen LogP contribution in [0.3, 0.4) is 0 Å². The van der Waals surface area contributed by atoms with Crippen molar-refractivity contribution in [3.8, 4) is 11.8 Å². The van der Waals surface area contributed by atoms with E-state index in [1.54, 1.807) is 12.1 Å². The second-order valence-corrected chi connectivity index (χ2v) is 3.99. The molecule has 2 rings (SSSR count). The van der Waals surface area contributed by atoms with Crippen LogP contribution in [-0.4, -0.2) is 16.2 Å². The Kier molecular flexibility index (Phi) is 10.3. The zero-order valence-corrected chi connectivity index (χ0v) is 13.5. The minimum Gasteiger partial charge on any atom is -0.478 e. The predicted molar refractivity (Wildman–Crippen MR) is 94.3 cm³/mol. The minimum absolute atomic E-state index is 0.0182. The summed E-state index contributed by atoms with van der Waals surface area (Å²) in [5.74, 6) is 5.00. The molecule has 3 nitrogen and oxygen atoms in total. The van der Waals surface area contributed by atoms with Gasteiger partial charge in [0.05, 0.1) is 12.2 Å². The number of benzene rings is 2. The minimum atomic E-state index is -0.945. The fraction of sp³-hybridized carbons (Fsp3) is 0.150. The van der Waals surface area contributed by atoms with E-state index in [-0.39, 0.29) is 12.2 Å². The van der Waals surface area contributed by atoms with Crippen molar-refractivity contribution in [2.75, 3.05) is 0 Å². The summed E-state index contributed by atoms with van der Waals surface area (Å²) in [6.45, 7) is 10.0. The van der Waals surface area contributed by atoms with Crippen molar-refractivity contribution >= 4 is 5.97 Å². The van der Waals surface area contributed by atoms with Crippen molar-refractivity contribution in [2.24, 2.45) is 0 Å². The highest BCUT2D eigenvalue weighted by Crippen LogP contribution is 2.05. The Hall–Kier alpha value is -2.83. The van der Waals surface area contributed by atoms with Crippen LogP contribution in [0.1, 0.15) is 40.9 Å². The Morgan fingerprint density at radius 3 is 1.65 bits per heavy atom. The molecular weight excluding hydrogens is 288 g/mol. The molecule has 0 unspecified atom stereocenters. The first-order valence-corrected chi connectivity index (χ1v) is 7.24. The van der Waals surface area contributed by atoms with Gasteiger partial charge in [-0.2, -0.15) is 0 Å². The highest BCUT2D eigenvalue weighted by Gasteiger charge is 1.99. The van der Waals surface area contributed by atoms with E-state index < -0.39 is 5.97 Å². The summed E-state index contributed by atoms with van der Waals surface area (Å²) in [7, 11) is 0. The molecular formula is C20H22O3. The molecule has 3 heteroatoms. The van der Waals surface area contributed by atoms with Gasteiger partial charge in [-0.25, -0.2) is 4.79 Å². The van der Waals surface area contributed by atoms with Gasteiger partial charge in [-0.15, -0.1) is 13.2 Å². The molecule has 2 aromatic carbocycles. The average molecular weight is 310 g/mol. The van der Waals surface area contributed by atoms with Crippen LogP contribution in [0.2, 0.25) is 0 Å². The van der Waals surface area contributed by atoms with Crippen molar-refractivity contribution in [1.29, 1.82) is 0 Å². The second kappa shape index (κ2) is 11.8. The molecule has 0 aliphatic heterocycles. The van der Waals surface area contributed by atoms with Crippen LogP contribution >= 0.6 is 0 Å². The smallest absolute Gasteiger partial charge is 0.335 e. The van der Waals surface area contributed by atoms with Crippen molar-refractivity contribution in [1.82, 2.24) is 0 Å². The Balaban J connectivity index is 0.00000112. The molecule has 0 aromatic heterocycles. The maximum atomic E-state index is 10.7. The molecule has 0 saturated carbocycles.